The van der Waals surface area contributed by atoms with Crippen molar-refractivity contribution in [3.8, 4) is 0 Å². The molecule has 20 nitrogen and oxygen atoms in total. The van der Waals surface area contributed by atoms with E-state index in [4.69, 9.17) is 46.4 Å². The van der Waals surface area contributed by atoms with Crippen LogP contribution >= 0.6 is 126 Å². The van der Waals surface area contributed by atoms with Gasteiger partial charge in [0, 0.05) is 26.1 Å². The number of hydrogen-bond donors (Lipinski definition) is 7. The molecule has 0 bridgehead atoms. The van der Waals surface area contributed by atoms with E-state index >= 15 is 0 Å². The SMILES string of the molecule is CBr.CBr.CCO.CCSC(C)(C)C(=O)O.CCSC(C)(C)C(=O)OC.CCSC(C)C(=O)OC.CCSCC(=O)O.CCSCC(=O)OC.CI.O=C(O)CS.O=S(=O)(O)C(F)(F)F.O=S(=O)(O)C(F)(F)F.[H-].[Li+].[Na+].[OH-].[Zn]. The van der Waals surface area contributed by atoms with Gasteiger partial charge in [-0.15, -0.1) is 35.3 Å². The molecule has 77 heavy (non-hydrogen) atoms. The molecule has 0 heterocycles. The second kappa shape index (κ2) is 80.2. The molecular formula is C37H79Br2F6ILiNaO20S8Zn. The van der Waals surface area contributed by atoms with Gasteiger partial charge in [0.1, 0.15) is 9.49 Å². The van der Waals surface area contributed by atoms with E-state index in [0.29, 0.717) is 5.75 Å². The second-order valence-electron chi connectivity index (χ2n) is 11.3. The molecule has 0 radical (unpaired) electrons. The molecule has 0 aliphatic rings. The summed E-state index contributed by atoms with van der Waals surface area (Å²) < 4.78 is 128. The maximum atomic E-state index is 11.0. The largest absolute Gasteiger partial charge is 1.00 e. The van der Waals surface area contributed by atoms with E-state index in [2.05, 4.69) is 81.3 Å². The Morgan fingerprint density at radius 3 is 1.05 bits per heavy atom. The molecule has 40 heteroatoms. The summed E-state index contributed by atoms with van der Waals surface area (Å²) in [6.07, 6.45) is 0. The minimum Gasteiger partial charge on any atom is -1.00 e. The van der Waals surface area contributed by atoms with Crippen LogP contribution in [0.3, 0.4) is 0 Å². The Morgan fingerprint density at radius 1 is 0.636 bits per heavy atom. The van der Waals surface area contributed by atoms with Crippen LogP contribution in [0.5, 0.6) is 0 Å². The van der Waals surface area contributed by atoms with Gasteiger partial charge in [-0.05, 0) is 86.9 Å². The zero-order valence-electron chi connectivity index (χ0n) is 47.8. The molecule has 0 aromatic carbocycles. The molecule has 0 rings (SSSR count). The molecule has 7 N–H and O–H groups in total. The van der Waals surface area contributed by atoms with Crippen molar-refractivity contribution in [1.82, 2.24) is 0 Å². The number of aliphatic hydroxyl groups is 1. The topological polar surface area (TPSA) is 350 Å². The van der Waals surface area contributed by atoms with Gasteiger partial charge in [0.2, 0.25) is 0 Å². The number of thioether (sulfide) groups is 5. The molecule has 0 saturated carbocycles. The Balaban J connectivity index is -0.0000000354. The number of halogens is 9. The average Bonchev–Trinajstić information content (AvgIpc) is 3.29. The first-order valence-corrected chi connectivity index (χ1v) is 33.6. The second-order valence-corrected chi connectivity index (χ2v) is 22.3. The average molecular weight is 1600 g/mol. The number of carboxylic acid groups (broad SMARTS) is 3. The first kappa shape index (κ1) is 121. The quantitative estimate of drug-likeness (QED) is 0.0131. The Hall–Kier alpha value is 2.15. The summed E-state index contributed by atoms with van der Waals surface area (Å²) in [5.41, 5.74) is -11.1. The van der Waals surface area contributed by atoms with Crippen molar-refractivity contribution >= 4 is 182 Å². The molecule has 0 fully saturated rings. The Bertz CT molecular complexity index is 1510. The van der Waals surface area contributed by atoms with Crippen molar-refractivity contribution in [3.63, 3.8) is 0 Å². The normalized spacial score (nSPS) is 9.84. The molecule has 0 aliphatic carbocycles. The number of carbonyl (C=O) groups excluding carboxylic acids is 3. The fraction of sp³-hybridized carbons (Fsp3) is 0.838. The maximum Gasteiger partial charge on any atom is 1.00 e. The van der Waals surface area contributed by atoms with Gasteiger partial charge in [-0.25, -0.2) is 0 Å². The summed E-state index contributed by atoms with van der Waals surface area (Å²) >= 11 is 19.0. The predicted molar refractivity (Wildman–Crippen MR) is 311 cm³/mol. The number of carboxylic acids is 3. The van der Waals surface area contributed by atoms with Crippen LogP contribution in [0.25, 0.3) is 0 Å². The molecular weight excluding hydrogens is 1520 g/mol. The molecule has 1 atom stereocenters. The molecule has 1 unspecified atom stereocenters. The molecule has 462 valence electrons. The van der Waals surface area contributed by atoms with Crippen LogP contribution in [-0.4, -0.2) is 204 Å². The van der Waals surface area contributed by atoms with Crippen molar-refractivity contribution in [2.24, 2.45) is 0 Å². The van der Waals surface area contributed by atoms with Gasteiger partial charge >= 0.3 is 115 Å². The molecule has 0 spiro atoms. The van der Waals surface area contributed by atoms with E-state index in [1.807, 2.05) is 72.0 Å². The summed E-state index contributed by atoms with van der Waals surface area (Å²) in [5.74, 6) is 6.05. The number of hydrogen-bond acceptors (Lipinski definition) is 21. The monoisotopic (exact) mass is 1590 g/mol. The van der Waals surface area contributed by atoms with E-state index in [0.717, 1.165) is 28.8 Å². The predicted octanol–water partition coefficient (Wildman–Crippen LogP) is 4.13. The molecule has 0 aromatic heterocycles. The van der Waals surface area contributed by atoms with Crippen LogP contribution in [0.15, 0.2) is 0 Å². The number of methoxy groups -OCH3 is 3. The summed E-state index contributed by atoms with van der Waals surface area (Å²) in [7, 11) is -7.45. The fourth-order valence-corrected chi connectivity index (χ4v) is 5.37. The van der Waals surface area contributed by atoms with Gasteiger partial charge < -0.3 is 41.5 Å². The van der Waals surface area contributed by atoms with E-state index in [9.17, 15) is 55.1 Å². The number of aliphatic hydroxyl groups excluding tert-OH is 1. The number of esters is 3. The van der Waals surface area contributed by atoms with Crippen molar-refractivity contribution in [2.45, 2.75) is 102 Å². The van der Waals surface area contributed by atoms with Crippen LogP contribution in [-0.2, 0) is 82.7 Å². The summed E-state index contributed by atoms with van der Waals surface area (Å²) in [5, 5.41) is 31.8. The van der Waals surface area contributed by atoms with Crippen LogP contribution < -0.4 is 48.4 Å². The van der Waals surface area contributed by atoms with E-state index in [1.165, 1.54) is 44.9 Å². The van der Waals surface area contributed by atoms with Crippen molar-refractivity contribution < 1.29 is 190 Å². The Kier molecular flexibility index (Phi) is 126. The van der Waals surface area contributed by atoms with Crippen LogP contribution in [0, 0.1) is 0 Å². The van der Waals surface area contributed by atoms with Crippen LogP contribution in [0.1, 0.15) is 77.6 Å². The van der Waals surface area contributed by atoms with Crippen molar-refractivity contribution in [2.75, 3.05) is 90.6 Å². The van der Waals surface area contributed by atoms with E-state index < -0.39 is 53.9 Å². The van der Waals surface area contributed by atoms with Crippen molar-refractivity contribution in [1.29, 1.82) is 0 Å². The van der Waals surface area contributed by atoms with Gasteiger partial charge in [0.25, 0.3) is 0 Å². The fourth-order valence-electron chi connectivity index (χ4n) is 2.01. The Labute approximate surface area is 558 Å². The zero-order chi connectivity index (χ0) is 62.1. The molecule has 0 saturated heterocycles. The maximum absolute atomic E-state index is 11.0. The summed E-state index contributed by atoms with van der Waals surface area (Å²) in [4.78, 5) is 63.4. The molecule has 0 aromatic rings. The minimum absolute atomic E-state index is 0. The summed E-state index contributed by atoms with van der Waals surface area (Å²) in [6, 6.07) is 0. The van der Waals surface area contributed by atoms with Gasteiger partial charge in [-0.3, -0.25) is 37.9 Å². The number of alkyl halides is 9. The number of thiol groups is 1. The standard InChI is InChI=1S/C7H14O2S.2C6H12O2S.C5H10O2S.C4H8O2S.C2H4O2S.C2H6O.2CH3Br.2CHF3O3S.CH3I.Li.Na.H2O.Zn.H/c1-5-10-7(2,3)6(8)9-4;1-4-9-6(2,3)5(7)8;1-4-9-5(2)6(7)8-3;1-3-8-4-5(6)7-2;1-2-7-3-4(5)6;3-2(4)1-5;1-2-3;2*1-2;2*2-1(3,4)8(5,6)7;1-2;;;;;/h5H2,1-4H3;4H2,1-3H3,(H,7,8);5H,4H2,1-3H3;3-4H2,1-2H3;2-3H2,1H3,(H,5,6);5H,1H2,(H,3,4);3H,2H2,1H3;2*1H3;2*(H,5,6,7);1H3;;;1H2;;/q;;;;;;;;;;;;2*+1;;;-1/p-1. The summed E-state index contributed by atoms with van der Waals surface area (Å²) in [6.45, 7) is 20.9. The third-order valence-electron chi connectivity index (χ3n) is 4.95. The number of aliphatic carboxylic acids is 3. The van der Waals surface area contributed by atoms with Crippen LogP contribution in [0.4, 0.5) is 26.3 Å². The molecule has 0 aliphatic heterocycles. The number of rotatable bonds is 16. The third kappa shape index (κ3) is 114. The molecule has 0 amide bonds. The van der Waals surface area contributed by atoms with E-state index in [-0.39, 0.29) is 121 Å². The Morgan fingerprint density at radius 2 is 0.909 bits per heavy atom. The third-order valence-corrected chi connectivity index (χ3v) is 11.5. The van der Waals surface area contributed by atoms with Crippen LogP contribution in [0.2, 0.25) is 0 Å². The van der Waals surface area contributed by atoms with Gasteiger partial charge in [0.15, 0.2) is 0 Å². The smallest absolute Gasteiger partial charge is 1.00 e. The van der Waals surface area contributed by atoms with Gasteiger partial charge in [0.05, 0.1) is 43.8 Å². The first-order chi connectivity index (χ1) is 33.0. The number of ether oxygens (including phenoxy) is 3. The zero-order valence-corrected chi connectivity index (χ0v) is 63.7. The number of carbonyl (C=O) groups is 6. The van der Waals surface area contributed by atoms with Gasteiger partial charge in [-0.1, -0.05) is 89.1 Å². The van der Waals surface area contributed by atoms with E-state index in [1.54, 1.807) is 56.1 Å². The van der Waals surface area contributed by atoms with Crippen molar-refractivity contribution in [3.05, 3.63) is 0 Å². The first-order valence-electron chi connectivity index (χ1n) is 19.4. The van der Waals surface area contributed by atoms with Gasteiger partial charge in [-0.2, -0.15) is 79.3 Å². The minimum atomic E-state index is -5.84.